The van der Waals surface area contributed by atoms with Crippen molar-refractivity contribution in [3.63, 3.8) is 0 Å². The quantitative estimate of drug-likeness (QED) is 0.151. The van der Waals surface area contributed by atoms with Crippen LogP contribution < -0.4 is 0 Å². The van der Waals surface area contributed by atoms with E-state index in [4.69, 9.17) is 0 Å². The molecular formula is C74H48N2. The summed E-state index contributed by atoms with van der Waals surface area (Å²) >= 11 is 0. The average Bonchev–Trinajstić information content (AvgIpc) is 4.35. The number of aromatic nitrogens is 2. The van der Waals surface area contributed by atoms with E-state index in [2.05, 4.69) is 300 Å². The van der Waals surface area contributed by atoms with E-state index in [-0.39, 0.29) is 0 Å². The van der Waals surface area contributed by atoms with E-state index in [1.165, 1.54) is 133 Å². The minimum Gasteiger partial charge on any atom is -0.309 e. The number of hydrogen-bond acceptors (Lipinski definition) is 0. The van der Waals surface area contributed by atoms with Crippen LogP contribution in [0, 0.1) is 0 Å². The Kier molecular flexibility index (Phi) is 9.20. The van der Waals surface area contributed by atoms with Crippen LogP contribution in [0.25, 0.3) is 88.4 Å². The van der Waals surface area contributed by atoms with Gasteiger partial charge in [-0.25, -0.2) is 0 Å². The van der Waals surface area contributed by atoms with Crippen LogP contribution in [-0.4, -0.2) is 9.13 Å². The maximum atomic E-state index is 2.54. The van der Waals surface area contributed by atoms with Crippen molar-refractivity contribution in [1.82, 2.24) is 9.13 Å². The number of fused-ring (bicyclic) bond motifs is 12. The average molecular weight is 965 g/mol. The highest BCUT2D eigenvalue weighted by Crippen LogP contribution is 2.60. The van der Waals surface area contributed by atoms with Gasteiger partial charge in [0.25, 0.3) is 0 Å². The zero-order valence-electron chi connectivity index (χ0n) is 41.6. The first-order chi connectivity index (χ1) is 37.7. The van der Waals surface area contributed by atoms with Crippen molar-refractivity contribution in [1.29, 1.82) is 0 Å². The van der Waals surface area contributed by atoms with Crippen LogP contribution in [0.2, 0.25) is 0 Å². The third-order valence-corrected chi connectivity index (χ3v) is 17.1. The molecule has 2 aliphatic rings. The Morgan fingerprint density at radius 3 is 0.934 bits per heavy atom. The molecule has 76 heavy (non-hydrogen) atoms. The second kappa shape index (κ2) is 16.4. The third-order valence-electron chi connectivity index (χ3n) is 17.1. The second-order valence-electron chi connectivity index (χ2n) is 20.6. The van der Waals surface area contributed by atoms with Gasteiger partial charge in [-0.15, -0.1) is 0 Å². The molecule has 16 rings (SSSR count). The Morgan fingerprint density at radius 2 is 0.539 bits per heavy atom. The lowest BCUT2D eigenvalue weighted by Crippen LogP contribution is -2.29. The van der Waals surface area contributed by atoms with Gasteiger partial charge >= 0.3 is 0 Å². The maximum absolute atomic E-state index is 2.54. The molecule has 0 atom stereocenters. The SMILES string of the molecule is c1ccc(C2(c3ccccc3)c3ccccc3-c3cccc(-n4c5ccccc5c5cc(-c6ccc7c(c6)c6ccccc6n7-c6cccc7c6C(c6ccccc6)(c6ccccc6)c6ccccc6-7)ccc54)c32)cc1. The summed E-state index contributed by atoms with van der Waals surface area (Å²) in [5, 5.41) is 4.92. The van der Waals surface area contributed by atoms with Crippen molar-refractivity contribution in [3.05, 3.63) is 336 Å². The van der Waals surface area contributed by atoms with Gasteiger partial charge in [0.2, 0.25) is 0 Å². The molecular weight excluding hydrogens is 917 g/mol. The predicted molar refractivity (Wildman–Crippen MR) is 315 cm³/mol. The molecule has 0 radical (unpaired) electrons. The van der Waals surface area contributed by atoms with Crippen LogP contribution in [0.5, 0.6) is 0 Å². The normalized spacial score (nSPS) is 13.7. The molecule has 12 aromatic carbocycles. The number of hydrogen-bond donors (Lipinski definition) is 0. The van der Waals surface area contributed by atoms with Crippen LogP contribution in [0.15, 0.2) is 291 Å². The lowest BCUT2D eigenvalue weighted by molar-refractivity contribution is 0.762. The zero-order valence-corrected chi connectivity index (χ0v) is 41.6. The Labute approximate surface area is 441 Å². The molecule has 2 heterocycles. The van der Waals surface area contributed by atoms with Crippen molar-refractivity contribution in [2.45, 2.75) is 10.8 Å². The van der Waals surface area contributed by atoms with Gasteiger partial charge in [0.05, 0.1) is 44.3 Å². The molecule has 0 saturated heterocycles. The number of benzene rings is 12. The fourth-order valence-corrected chi connectivity index (χ4v) is 14.2. The van der Waals surface area contributed by atoms with E-state index in [0.717, 1.165) is 0 Å². The van der Waals surface area contributed by atoms with Crippen molar-refractivity contribution in [2.75, 3.05) is 0 Å². The van der Waals surface area contributed by atoms with Gasteiger partial charge in [0.15, 0.2) is 0 Å². The fourth-order valence-electron chi connectivity index (χ4n) is 14.2. The van der Waals surface area contributed by atoms with Gasteiger partial charge < -0.3 is 9.13 Å². The van der Waals surface area contributed by atoms with E-state index in [1.807, 2.05) is 0 Å². The number of para-hydroxylation sites is 2. The highest BCUT2D eigenvalue weighted by molar-refractivity contribution is 6.13. The van der Waals surface area contributed by atoms with Gasteiger partial charge in [-0.1, -0.05) is 243 Å². The van der Waals surface area contributed by atoms with Crippen molar-refractivity contribution in [2.24, 2.45) is 0 Å². The summed E-state index contributed by atoms with van der Waals surface area (Å²) in [5.74, 6) is 0. The third kappa shape index (κ3) is 5.70. The summed E-state index contributed by atoms with van der Waals surface area (Å²) in [6.07, 6.45) is 0. The lowest BCUT2D eigenvalue weighted by atomic mass is 9.67. The van der Waals surface area contributed by atoms with Crippen LogP contribution in [0.1, 0.15) is 44.5 Å². The summed E-state index contributed by atoms with van der Waals surface area (Å²) in [6.45, 7) is 0. The molecule has 0 N–H and O–H groups in total. The largest absolute Gasteiger partial charge is 0.309 e. The smallest absolute Gasteiger partial charge is 0.0734 e. The van der Waals surface area contributed by atoms with E-state index in [9.17, 15) is 0 Å². The molecule has 0 unspecified atom stereocenters. The van der Waals surface area contributed by atoms with Crippen LogP contribution >= 0.6 is 0 Å². The Hall–Kier alpha value is -9.76. The summed E-state index contributed by atoms with van der Waals surface area (Å²) < 4.78 is 5.08. The van der Waals surface area contributed by atoms with Gasteiger partial charge in [-0.2, -0.15) is 0 Å². The van der Waals surface area contributed by atoms with Crippen molar-refractivity contribution < 1.29 is 0 Å². The maximum Gasteiger partial charge on any atom is 0.0734 e. The van der Waals surface area contributed by atoms with Gasteiger partial charge in [0, 0.05) is 32.7 Å². The Morgan fingerprint density at radius 1 is 0.224 bits per heavy atom. The highest BCUT2D eigenvalue weighted by atomic mass is 15.0. The van der Waals surface area contributed by atoms with Crippen LogP contribution in [-0.2, 0) is 10.8 Å². The standard InChI is InChI=1S/C74H48N2/c1-5-23-51(24-6-1)73(52-25-7-2-8-26-52)63-37-17-13-31-55(63)59-35-21-41-69(71(59)73)75-65-39-19-15-33-57(65)61-47-49(43-45-67(61)75)50-44-46-68-62(48-50)58-34-16-20-40-66(58)76(68)70-42-22-36-60-56-32-14-18-38-64(56)74(72(60)70,53-27-9-3-10-28-53)54-29-11-4-12-30-54/h1-48H. The molecule has 0 bridgehead atoms. The second-order valence-corrected chi connectivity index (χ2v) is 20.6. The van der Waals surface area contributed by atoms with E-state index < -0.39 is 10.8 Å². The highest BCUT2D eigenvalue weighted by Gasteiger charge is 2.49. The molecule has 0 aliphatic heterocycles. The first-order valence-electron chi connectivity index (χ1n) is 26.5. The van der Waals surface area contributed by atoms with Crippen molar-refractivity contribution >= 4 is 43.6 Å². The monoisotopic (exact) mass is 964 g/mol. The molecule has 0 spiro atoms. The van der Waals surface area contributed by atoms with Gasteiger partial charge in [-0.05, 0) is 115 Å². The molecule has 2 aliphatic carbocycles. The number of rotatable bonds is 7. The zero-order chi connectivity index (χ0) is 50.0. The summed E-state index contributed by atoms with van der Waals surface area (Å²) in [4.78, 5) is 0. The predicted octanol–water partition coefficient (Wildman–Crippen LogP) is 18.3. The van der Waals surface area contributed by atoms with Crippen LogP contribution in [0.3, 0.4) is 0 Å². The van der Waals surface area contributed by atoms with Crippen molar-refractivity contribution in [3.8, 4) is 44.8 Å². The van der Waals surface area contributed by atoms with E-state index >= 15 is 0 Å². The number of nitrogens with zero attached hydrogens (tertiary/aromatic N) is 2. The fraction of sp³-hybridized carbons (Fsp3) is 0.0270. The van der Waals surface area contributed by atoms with Gasteiger partial charge in [-0.3, -0.25) is 0 Å². The first kappa shape index (κ1) is 42.7. The lowest BCUT2D eigenvalue weighted by Gasteiger charge is -2.35. The Bertz CT molecular complexity index is 4240. The summed E-state index contributed by atoms with van der Waals surface area (Å²) in [5.41, 5.74) is 23.7. The molecule has 354 valence electrons. The summed E-state index contributed by atoms with van der Waals surface area (Å²) in [6, 6.07) is 109. The molecule has 0 fully saturated rings. The van der Waals surface area contributed by atoms with E-state index in [0.29, 0.717) is 0 Å². The van der Waals surface area contributed by atoms with Crippen LogP contribution in [0.4, 0.5) is 0 Å². The molecule has 2 heteroatoms. The minimum absolute atomic E-state index is 0.550. The topological polar surface area (TPSA) is 9.86 Å². The minimum atomic E-state index is -0.550. The summed E-state index contributed by atoms with van der Waals surface area (Å²) in [7, 11) is 0. The van der Waals surface area contributed by atoms with Gasteiger partial charge in [0.1, 0.15) is 0 Å². The van der Waals surface area contributed by atoms with E-state index in [1.54, 1.807) is 0 Å². The molecule has 2 aromatic heterocycles. The Balaban J connectivity index is 0.905. The molecule has 0 saturated carbocycles. The molecule has 0 amide bonds. The first-order valence-corrected chi connectivity index (χ1v) is 26.5. The molecule has 2 nitrogen and oxygen atoms in total. The molecule has 14 aromatic rings.